The van der Waals surface area contributed by atoms with Crippen molar-refractivity contribution in [3.8, 4) is 0 Å². The van der Waals surface area contributed by atoms with Gasteiger partial charge in [-0.05, 0) is 17.5 Å². The Labute approximate surface area is 119 Å². The highest BCUT2D eigenvalue weighted by Crippen LogP contribution is 2.23. The minimum Gasteiger partial charge on any atom is -0.373 e. The molecule has 2 aromatic carbocycles. The van der Waals surface area contributed by atoms with Crippen LogP contribution in [0.1, 0.15) is 17.0 Å². The topological polar surface area (TPSA) is 36.1 Å². The summed E-state index contributed by atoms with van der Waals surface area (Å²) in [6.07, 6.45) is 4.97. The van der Waals surface area contributed by atoms with Gasteiger partial charge in [0, 0.05) is 18.3 Å². The van der Waals surface area contributed by atoms with Crippen LogP contribution in [0, 0.1) is 0 Å². The molecule has 2 aromatic rings. The fourth-order valence-electron chi connectivity index (χ4n) is 2.59. The molecule has 20 heavy (non-hydrogen) atoms. The summed E-state index contributed by atoms with van der Waals surface area (Å²) >= 11 is 0. The number of hydrogen-bond acceptors (Lipinski definition) is 3. The summed E-state index contributed by atoms with van der Waals surface area (Å²) < 4.78 is 0. The number of benzene rings is 2. The van der Waals surface area contributed by atoms with Gasteiger partial charge >= 0.3 is 0 Å². The summed E-state index contributed by atoms with van der Waals surface area (Å²) in [6, 6.07) is 21.2. The molecule has 2 atom stereocenters. The van der Waals surface area contributed by atoms with Gasteiger partial charge in [-0.3, -0.25) is 0 Å². The molecule has 0 aliphatic carbocycles. The third kappa shape index (κ3) is 3.00. The monoisotopic (exact) mass is 265 g/mol. The molecule has 0 saturated heterocycles. The van der Waals surface area contributed by atoms with Gasteiger partial charge in [0.05, 0.1) is 0 Å². The molecule has 102 valence electrons. The van der Waals surface area contributed by atoms with Crippen molar-refractivity contribution in [1.82, 2.24) is 16.2 Å². The minimum absolute atomic E-state index is 0.169. The second kappa shape index (κ2) is 6.26. The second-order valence-corrected chi connectivity index (χ2v) is 4.97. The zero-order valence-corrected chi connectivity index (χ0v) is 11.3. The molecule has 0 bridgehead atoms. The number of rotatable bonds is 4. The van der Waals surface area contributed by atoms with Crippen LogP contribution in [0.25, 0.3) is 0 Å². The predicted molar refractivity (Wildman–Crippen MR) is 81.7 cm³/mol. The average molecular weight is 265 g/mol. The minimum atomic E-state index is 0.169. The van der Waals surface area contributed by atoms with E-state index in [-0.39, 0.29) is 6.17 Å². The molecule has 0 saturated carbocycles. The number of hydrazine groups is 1. The Bertz CT molecular complexity index is 551. The molecule has 3 heteroatoms. The zero-order chi connectivity index (χ0) is 13.6. The second-order valence-electron chi connectivity index (χ2n) is 4.97. The standard InChI is InChI=1S/C17H19N3/c1-3-7-14(8-4-1)13-16(15-9-5-2-6-10-15)17-18-11-12-19-20-17/h1-12,16-20H,13H2. The van der Waals surface area contributed by atoms with Gasteiger partial charge in [0.2, 0.25) is 0 Å². The van der Waals surface area contributed by atoms with Crippen LogP contribution in [0.5, 0.6) is 0 Å². The quantitative estimate of drug-likeness (QED) is 0.795. The molecule has 3 nitrogen and oxygen atoms in total. The van der Waals surface area contributed by atoms with Gasteiger partial charge in [-0.2, -0.15) is 0 Å². The normalized spacial score (nSPS) is 18.9. The van der Waals surface area contributed by atoms with Crippen LogP contribution < -0.4 is 16.2 Å². The van der Waals surface area contributed by atoms with Crippen LogP contribution in [0.4, 0.5) is 0 Å². The third-order valence-corrected chi connectivity index (χ3v) is 3.61. The Morgan fingerprint density at radius 2 is 1.55 bits per heavy atom. The van der Waals surface area contributed by atoms with E-state index in [1.807, 2.05) is 12.4 Å². The number of nitrogens with one attached hydrogen (secondary N) is 3. The first kappa shape index (κ1) is 12.8. The molecule has 3 N–H and O–H groups in total. The lowest BCUT2D eigenvalue weighted by Crippen LogP contribution is -2.52. The highest BCUT2D eigenvalue weighted by atomic mass is 15.4. The van der Waals surface area contributed by atoms with Crippen LogP contribution in [0.2, 0.25) is 0 Å². The predicted octanol–water partition coefficient (Wildman–Crippen LogP) is 2.51. The smallest absolute Gasteiger partial charge is 0.101 e. The zero-order valence-electron chi connectivity index (χ0n) is 11.3. The van der Waals surface area contributed by atoms with Crippen molar-refractivity contribution >= 4 is 0 Å². The largest absolute Gasteiger partial charge is 0.373 e. The first-order chi connectivity index (χ1) is 9.93. The first-order valence-corrected chi connectivity index (χ1v) is 6.94. The Hall–Kier alpha value is -2.26. The average Bonchev–Trinajstić information content (AvgIpc) is 2.55. The lowest BCUT2D eigenvalue weighted by molar-refractivity contribution is 0.352. The van der Waals surface area contributed by atoms with E-state index in [4.69, 9.17) is 0 Å². The summed E-state index contributed by atoms with van der Waals surface area (Å²) in [4.78, 5) is 0. The molecular formula is C17H19N3. The van der Waals surface area contributed by atoms with Crippen LogP contribution >= 0.6 is 0 Å². The van der Waals surface area contributed by atoms with Crippen LogP contribution in [0.3, 0.4) is 0 Å². The lowest BCUT2D eigenvalue weighted by Gasteiger charge is -2.31. The van der Waals surface area contributed by atoms with E-state index in [0.29, 0.717) is 5.92 Å². The van der Waals surface area contributed by atoms with E-state index >= 15 is 0 Å². The highest BCUT2D eigenvalue weighted by Gasteiger charge is 2.23. The van der Waals surface area contributed by atoms with Crippen LogP contribution in [0.15, 0.2) is 73.1 Å². The van der Waals surface area contributed by atoms with E-state index in [1.54, 1.807) is 0 Å². The summed E-state index contributed by atoms with van der Waals surface area (Å²) in [5.74, 6) is 0.357. The number of hydrogen-bond donors (Lipinski definition) is 3. The highest BCUT2D eigenvalue weighted by molar-refractivity contribution is 5.26. The molecular weight excluding hydrogens is 246 g/mol. The lowest BCUT2D eigenvalue weighted by atomic mass is 9.89. The molecule has 0 amide bonds. The Kier molecular flexibility index (Phi) is 3.99. The molecule has 0 radical (unpaired) electrons. The van der Waals surface area contributed by atoms with E-state index < -0.39 is 0 Å². The maximum Gasteiger partial charge on any atom is 0.101 e. The third-order valence-electron chi connectivity index (χ3n) is 3.61. The molecule has 3 rings (SSSR count). The van der Waals surface area contributed by atoms with E-state index in [0.717, 1.165) is 6.42 Å². The van der Waals surface area contributed by atoms with E-state index in [1.165, 1.54) is 11.1 Å². The van der Waals surface area contributed by atoms with Crippen molar-refractivity contribution in [2.45, 2.75) is 18.5 Å². The maximum atomic E-state index is 3.38. The summed E-state index contributed by atoms with van der Waals surface area (Å²) in [5, 5.41) is 3.38. The van der Waals surface area contributed by atoms with E-state index in [9.17, 15) is 0 Å². The molecule has 0 spiro atoms. The van der Waals surface area contributed by atoms with Crippen molar-refractivity contribution < 1.29 is 0 Å². The molecule has 1 heterocycles. The fourth-order valence-corrected chi connectivity index (χ4v) is 2.59. The Morgan fingerprint density at radius 1 is 0.850 bits per heavy atom. The molecule has 1 aliphatic heterocycles. The molecule has 0 fully saturated rings. The molecule has 2 unspecified atom stereocenters. The molecule has 0 aromatic heterocycles. The van der Waals surface area contributed by atoms with Gasteiger partial charge in [0.25, 0.3) is 0 Å². The van der Waals surface area contributed by atoms with E-state index in [2.05, 4.69) is 76.8 Å². The van der Waals surface area contributed by atoms with Crippen molar-refractivity contribution in [1.29, 1.82) is 0 Å². The van der Waals surface area contributed by atoms with Crippen LogP contribution in [-0.4, -0.2) is 6.17 Å². The van der Waals surface area contributed by atoms with Gasteiger partial charge < -0.3 is 10.7 Å². The van der Waals surface area contributed by atoms with Crippen molar-refractivity contribution in [2.75, 3.05) is 0 Å². The Morgan fingerprint density at radius 3 is 2.20 bits per heavy atom. The Balaban J connectivity index is 1.85. The van der Waals surface area contributed by atoms with Gasteiger partial charge in [0.1, 0.15) is 6.17 Å². The summed E-state index contributed by atoms with van der Waals surface area (Å²) in [7, 11) is 0. The van der Waals surface area contributed by atoms with Crippen molar-refractivity contribution in [3.05, 3.63) is 84.2 Å². The summed E-state index contributed by atoms with van der Waals surface area (Å²) in [6.45, 7) is 0. The van der Waals surface area contributed by atoms with Crippen molar-refractivity contribution in [3.63, 3.8) is 0 Å². The van der Waals surface area contributed by atoms with Gasteiger partial charge in [-0.15, -0.1) is 0 Å². The first-order valence-electron chi connectivity index (χ1n) is 6.94. The molecule has 1 aliphatic rings. The van der Waals surface area contributed by atoms with Crippen LogP contribution in [-0.2, 0) is 6.42 Å². The van der Waals surface area contributed by atoms with Gasteiger partial charge in [-0.1, -0.05) is 60.7 Å². The summed E-state index contributed by atoms with van der Waals surface area (Å²) in [5.41, 5.74) is 9.05. The maximum absolute atomic E-state index is 3.38. The SMILES string of the molecule is C1=CNC(C(Cc2ccccc2)c2ccccc2)NN1. The van der Waals surface area contributed by atoms with Gasteiger partial charge in [-0.25, -0.2) is 5.43 Å². The van der Waals surface area contributed by atoms with Gasteiger partial charge in [0.15, 0.2) is 0 Å². The van der Waals surface area contributed by atoms with Crippen molar-refractivity contribution in [2.24, 2.45) is 0 Å². The fraction of sp³-hybridized carbons (Fsp3) is 0.176.